The molecule has 0 spiro atoms. The first kappa shape index (κ1) is 7.72. The molecular weight excluding hydrogens is 175 g/mol. The summed E-state index contributed by atoms with van der Waals surface area (Å²) in [6, 6.07) is 3.82. The molecule has 2 aromatic rings. The SMILES string of the molecule is O=[N+]([O-])c1cc(F)c2[nH]ccc2c1. The fourth-order valence-electron chi connectivity index (χ4n) is 1.22. The number of H-pyrrole nitrogens is 1. The molecule has 0 bridgehead atoms. The minimum absolute atomic E-state index is 0.232. The molecule has 0 amide bonds. The van der Waals surface area contributed by atoms with Gasteiger partial charge in [0.15, 0.2) is 5.82 Å². The first-order chi connectivity index (χ1) is 6.18. The van der Waals surface area contributed by atoms with Crippen LogP contribution in [0.15, 0.2) is 24.4 Å². The topological polar surface area (TPSA) is 58.9 Å². The molecule has 0 fully saturated rings. The number of nitrogens with one attached hydrogen (secondary N) is 1. The number of non-ortho nitro benzene ring substituents is 1. The number of hydrogen-bond acceptors (Lipinski definition) is 2. The highest BCUT2D eigenvalue weighted by Gasteiger charge is 2.11. The lowest BCUT2D eigenvalue weighted by atomic mass is 10.2. The largest absolute Gasteiger partial charge is 0.359 e. The van der Waals surface area contributed by atoms with Gasteiger partial charge in [0.2, 0.25) is 0 Å². The number of rotatable bonds is 1. The second-order valence-corrected chi connectivity index (χ2v) is 2.63. The maximum Gasteiger partial charge on any atom is 0.273 e. The van der Waals surface area contributed by atoms with Crippen LogP contribution in [0.4, 0.5) is 10.1 Å². The molecule has 0 aliphatic carbocycles. The summed E-state index contributed by atoms with van der Waals surface area (Å²) in [7, 11) is 0. The van der Waals surface area contributed by atoms with Crippen molar-refractivity contribution in [2.75, 3.05) is 0 Å². The summed E-state index contributed by atoms with van der Waals surface area (Å²) in [6.45, 7) is 0. The molecule has 0 aliphatic rings. The maximum atomic E-state index is 13.1. The summed E-state index contributed by atoms with van der Waals surface area (Å²) >= 11 is 0. The Hall–Kier alpha value is -1.91. The number of halogens is 1. The number of aromatic amines is 1. The van der Waals surface area contributed by atoms with Crippen LogP contribution in [0.25, 0.3) is 10.9 Å². The van der Waals surface area contributed by atoms with Gasteiger partial charge in [0.05, 0.1) is 16.5 Å². The predicted octanol–water partition coefficient (Wildman–Crippen LogP) is 2.22. The highest BCUT2D eigenvalue weighted by molar-refractivity contribution is 5.82. The second kappa shape index (κ2) is 2.55. The smallest absolute Gasteiger partial charge is 0.273 e. The van der Waals surface area contributed by atoms with Gasteiger partial charge in [0, 0.05) is 17.6 Å². The van der Waals surface area contributed by atoms with Crippen molar-refractivity contribution in [3.05, 3.63) is 40.3 Å². The highest BCUT2D eigenvalue weighted by atomic mass is 19.1. The van der Waals surface area contributed by atoms with Crippen molar-refractivity contribution in [3.63, 3.8) is 0 Å². The average molecular weight is 180 g/mol. The summed E-state index contributed by atoms with van der Waals surface area (Å²) in [6.07, 6.45) is 1.54. The number of aromatic nitrogens is 1. The molecule has 1 aromatic carbocycles. The van der Waals surface area contributed by atoms with E-state index in [0.29, 0.717) is 10.9 Å². The Morgan fingerprint density at radius 1 is 1.46 bits per heavy atom. The van der Waals surface area contributed by atoms with Crippen molar-refractivity contribution in [3.8, 4) is 0 Å². The Morgan fingerprint density at radius 3 is 2.92 bits per heavy atom. The molecule has 0 radical (unpaired) electrons. The van der Waals surface area contributed by atoms with Gasteiger partial charge in [0.1, 0.15) is 0 Å². The van der Waals surface area contributed by atoms with Crippen LogP contribution in [-0.4, -0.2) is 9.91 Å². The lowest BCUT2D eigenvalue weighted by Crippen LogP contribution is -1.89. The fourth-order valence-corrected chi connectivity index (χ4v) is 1.22. The molecule has 0 unspecified atom stereocenters. The van der Waals surface area contributed by atoms with E-state index in [-0.39, 0.29) is 5.69 Å². The molecule has 0 saturated carbocycles. The van der Waals surface area contributed by atoms with E-state index < -0.39 is 10.7 Å². The van der Waals surface area contributed by atoms with Crippen LogP contribution < -0.4 is 0 Å². The monoisotopic (exact) mass is 180 g/mol. The summed E-state index contributed by atoms with van der Waals surface area (Å²) in [4.78, 5) is 12.4. The molecule has 1 heterocycles. The molecule has 1 aromatic heterocycles. The molecule has 13 heavy (non-hydrogen) atoms. The normalized spacial score (nSPS) is 10.5. The number of benzene rings is 1. The van der Waals surface area contributed by atoms with Gasteiger partial charge in [0.25, 0.3) is 5.69 Å². The van der Waals surface area contributed by atoms with E-state index in [9.17, 15) is 14.5 Å². The van der Waals surface area contributed by atoms with Gasteiger partial charge in [-0.05, 0) is 6.07 Å². The molecule has 4 nitrogen and oxygen atoms in total. The van der Waals surface area contributed by atoms with Gasteiger partial charge in [-0.25, -0.2) is 4.39 Å². The quantitative estimate of drug-likeness (QED) is 0.540. The minimum Gasteiger partial charge on any atom is -0.359 e. The Morgan fingerprint density at radius 2 is 2.23 bits per heavy atom. The van der Waals surface area contributed by atoms with Crippen molar-refractivity contribution < 1.29 is 9.31 Å². The van der Waals surface area contributed by atoms with Crippen molar-refractivity contribution in [1.29, 1.82) is 0 Å². The molecular formula is C8H5FN2O2. The zero-order chi connectivity index (χ0) is 9.42. The molecule has 2 rings (SSSR count). The Kier molecular flexibility index (Phi) is 1.51. The van der Waals surface area contributed by atoms with Crippen LogP contribution in [0.3, 0.4) is 0 Å². The van der Waals surface area contributed by atoms with Crippen LogP contribution in [0, 0.1) is 15.9 Å². The van der Waals surface area contributed by atoms with Crippen LogP contribution in [0.2, 0.25) is 0 Å². The van der Waals surface area contributed by atoms with Crippen molar-refractivity contribution in [2.24, 2.45) is 0 Å². The van der Waals surface area contributed by atoms with E-state index in [0.717, 1.165) is 6.07 Å². The van der Waals surface area contributed by atoms with Crippen molar-refractivity contribution in [2.45, 2.75) is 0 Å². The van der Waals surface area contributed by atoms with E-state index in [1.54, 1.807) is 6.07 Å². The van der Waals surface area contributed by atoms with Gasteiger partial charge in [-0.2, -0.15) is 0 Å². The highest BCUT2D eigenvalue weighted by Crippen LogP contribution is 2.22. The number of nitro groups is 1. The van der Waals surface area contributed by atoms with Crippen LogP contribution >= 0.6 is 0 Å². The Bertz CT molecular complexity index is 478. The molecule has 5 heteroatoms. The predicted molar refractivity (Wildman–Crippen MR) is 44.9 cm³/mol. The first-order valence-electron chi connectivity index (χ1n) is 3.59. The number of nitro benzene ring substituents is 1. The van der Waals surface area contributed by atoms with Gasteiger partial charge in [-0.15, -0.1) is 0 Å². The molecule has 66 valence electrons. The summed E-state index contributed by atoms with van der Waals surface area (Å²) in [5.41, 5.74) is 0.0650. The standard InChI is InChI=1S/C8H5FN2O2/c9-7-4-6(11(12)13)3-5-1-2-10-8(5)7/h1-4,10H. The van der Waals surface area contributed by atoms with Gasteiger partial charge in [-0.1, -0.05) is 0 Å². The van der Waals surface area contributed by atoms with E-state index in [1.807, 2.05) is 0 Å². The van der Waals surface area contributed by atoms with Crippen LogP contribution in [0.5, 0.6) is 0 Å². The number of fused-ring (bicyclic) bond motifs is 1. The first-order valence-corrected chi connectivity index (χ1v) is 3.59. The molecule has 0 atom stereocenters. The Labute approximate surface area is 72.1 Å². The van der Waals surface area contributed by atoms with Crippen LogP contribution in [0.1, 0.15) is 0 Å². The van der Waals surface area contributed by atoms with Gasteiger partial charge >= 0.3 is 0 Å². The van der Waals surface area contributed by atoms with E-state index >= 15 is 0 Å². The second-order valence-electron chi connectivity index (χ2n) is 2.63. The van der Waals surface area contributed by atoms with Crippen LogP contribution in [-0.2, 0) is 0 Å². The number of nitrogens with zero attached hydrogens (tertiary/aromatic N) is 1. The van der Waals surface area contributed by atoms with Crippen molar-refractivity contribution in [1.82, 2.24) is 4.98 Å². The third-order valence-corrected chi connectivity index (χ3v) is 1.81. The zero-order valence-corrected chi connectivity index (χ0v) is 6.45. The fraction of sp³-hybridized carbons (Fsp3) is 0. The Balaban J connectivity index is 2.77. The lowest BCUT2D eigenvalue weighted by molar-refractivity contribution is -0.384. The minimum atomic E-state index is -0.616. The lowest BCUT2D eigenvalue weighted by Gasteiger charge is -1.93. The average Bonchev–Trinajstić information content (AvgIpc) is 2.51. The summed E-state index contributed by atoms with van der Waals surface area (Å²) < 4.78 is 13.1. The maximum absolute atomic E-state index is 13.1. The van der Waals surface area contributed by atoms with Crippen molar-refractivity contribution >= 4 is 16.6 Å². The molecule has 0 saturated heterocycles. The van der Waals surface area contributed by atoms with E-state index in [4.69, 9.17) is 0 Å². The van der Waals surface area contributed by atoms with E-state index in [1.165, 1.54) is 12.3 Å². The molecule has 1 N–H and O–H groups in total. The van der Waals surface area contributed by atoms with Gasteiger partial charge in [-0.3, -0.25) is 10.1 Å². The third-order valence-electron chi connectivity index (χ3n) is 1.81. The number of hydrogen-bond donors (Lipinski definition) is 1. The zero-order valence-electron chi connectivity index (χ0n) is 6.45. The van der Waals surface area contributed by atoms with E-state index in [2.05, 4.69) is 4.98 Å². The molecule has 0 aliphatic heterocycles. The van der Waals surface area contributed by atoms with Gasteiger partial charge < -0.3 is 4.98 Å². The third kappa shape index (κ3) is 1.14. The summed E-state index contributed by atoms with van der Waals surface area (Å²) in [5, 5.41) is 10.9. The summed E-state index contributed by atoms with van der Waals surface area (Å²) in [5.74, 6) is -0.603.